The number of rotatable bonds is 3. The van der Waals surface area contributed by atoms with Gasteiger partial charge >= 0.3 is 0 Å². The molecule has 0 spiro atoms. The van der Waals surface area contributed by atoms with Gasteiger partial charge in [-0.2, -0.15) is 5.26 Å². The van der Waals surface area contributed by atoms with Crippen molar-refractivity contribution in [1.29, 1.82) is 5.26 Å². The van der Waals surface area contributed by atoms with Gasteiger partial charge in [-0.1, -0.05) is 24.8 Å². The van der Waals surface area contributed by atoms with Crippen LogP contribution in [0.15, 0.2) is 36.9 Å². The topological polar surface area (TPSA) is 52.9 Å². The Kier molecular flexibility index (Phi) is 3.45. The summed E-state index contributed by atoms with van der Waals surface area (Å²) in [5.74, 6) is -0.238. The van der Waals surface area contributed by atoms with Gasteiger partial charge in [0.2, 0.25) is 5.91 Å². The molecule has 0 unspecified atom stereocenters. The molecular formula is C11H10N2O. The number of amides is 1. The van der Waals surface area contributed by atoms with E-state index in [9.17, 15) is 4.79 Å². The molecule has 0 heterocycles. The first-order valence-corrected chi connectivity index (χ1v) is 4.16. The van der Waals surface area contributed by atoms with Gasteiger partial charge in [-0.15, -0.1) is 0 Å². The van der Waals surface area contributed by atoms with E-state index in [-0.39, 0.29) is 5.91 Å². The maximum atomic E-state index is 10.9. The third-order valence-electron chi connectivity index (χ3n) is 1.78. The van der Waals surface area contributed by atoms with Gasteiger partial charge in [0, 0.05) is 6.54 Å². The van der Waals surface area contributed by atoms with Crippen molar-refractivity contribution >= 4 is 5.91 Å². The van der Waals surface area contributed by atoms with E-state index in [1.807, 2.05) is 12.1 Å². The van der Waals surface area contributed by atoms with Gasteiger partial charge in [0.25, 0.3) is 0 Å². The second-order valence-corrected chi connectivity index (χ2v) is 2.69. The highest BCUT2D eigenvalue weighted by atomic mass is 16.1. The van der Waals surface area contributed by atoms with Crippen molar-refractivity contribution in [3.8, 4) is 6.07 Å². The molecule has 0 saturated heterocycles. The molecular weight excluding hydrogens is 176 g/mol. The Hall–Kier alpha value is -2.08. The molecule has 0 fully saturated rings. The molecule has 1 amide bonds. The first-order chi connectivity index (χ1) is 6.77. The van der Waals surface area contributed by atoms with E-state index in [4.69, 9.17) is 5.26 Å². The molecule has 0 aliphatic carbocycles. The average Bonchev–Trinajstić information content (AvgIpc) is 2.26. The fourth-order valence-electron chi connectivity index (χ4n) is 1.04. The molecule has 0 aliphatic rings. The van der Waals surface area contributed by atoms with Gasteiger partial charge < -0.3 is 5.32 Å². The predicted octanol–water partition coefficient (Wildman–Crippen LogP) is 1.36. The van der Waals surface area contributed by atoms with E-state index < -0.39 is 0 Å². The Morgan fingerprint density at radius 3 is 2.93 bits per heavy atom. The van der Waals surface area contributed by atoms with E-state index in [0.717, 1.165) is 5.56 Å². The molecule has 1 aromatic carbocycles. The number of benzene rings is 1. The lowest BCUT2D eigenvalue weighted by atomic mass is 10.1. The second kappa shape index (κ2) is 4.83. The lowest BCUT2D eigenvalue weighted by Crippen LogP contribution is -2.20. The standard InChI is InChI=1S/C11H10N2O/c1-2-11(14)13-8-10-6-4-3-5-9(10)7-12/h2-6H,1,8H2,(H,13,14). The van der Waals surface area contributed by atoms with Crippen molar-refractivity contribution in [2.24, 2.45) is 0 Å². The summed E-state index contributed by atoms with van der Waals surface area (Å²) in [7, 11) is 0. The Labute approximate surface area is 82.7 Å². The molecule has 70 valence electrons. The normalized spacial score (nSPS) is 8.79. The van der Waals surface area contributed by atoms with Crippen molar-refractivity contribution in [3.63, 3.8) is 0 Å². The number of carbonyl (C=O) groups excluding carboxylic acids is 1. The van der Waals surface area contributed by atoms with Crippen LogP contribution in [0, 0.1) is 11.3 Å². The van der Waals surface area contributed by atoms with Crippen LogP contribution in [0.25, 0.3) is 0 Å². The molecule has 1 N–H and O–H groups in total. The number of nitrogens with zero attached hydrogens (tertiary/aromatic N) is 1. The molecule has 0 aliphatic heterocycles. The van der Waals surface area contributed by atoms with Crippen LogP contribution in [-0.2, 0) is 11.3 Å². The van der Waals surface area contributed by atoms with Crippen molar-refractivity contribution in [3.05, 3.63) is 48.0 Å². The number of hydrogen-bond donors (Lipinski definition) is 1. The van der Waals surface area contributed by atoms with Crippen LogP contribution in [0.4, 0.5) is 0 Å². The Bertz CT molecular complexity index is 391. The number of carbonyl (C=O) groups is 1. The molecule has 0 bridgehead atoms. The summed E-state index contributed by atoms with van der Waals surface area (Å²) in [5.41, 5.74) is 1.39. The van der Waals surface area contributed by atoms with Crippen LogP contribution in [-0.4, -0.2) is 5.91 Å². The van der Waals surface area contributed by atoms with Crippen molar-refractivity contribution in [2.45, 2.75) is 6.54 Å². The summed E-state index contributed by atoms with van der Waals surface area (Å²) >= 11 is 0. The fraction of sp³-hybridized carbons (Fsp3) is 0.0909. The molecule has 3 nitrogen and oxygen atoms in total. The van der Waals surface area contributed by atoms with Gasteiger partial charge in [0.15, 0.2) is 0 Å². The zero-order valence-electron chi connectivity index (χ0n) is 7.66. The van der Waals surface area contributed by atoms with Crippen LogP contribution in [0.5, 0.6) is 0 Å². The van der Waals surface area contributed by atoms with Crippen LogP contribution in [0.1, 0.15) is 11.1 Å². The van der Waals surface area contributed by atoms with Gasteiger partial charge in [0.1, 0.15) is 0 Å². The minimum absolute atomic E-state index is 0.238. The quantitative estimate of drug-likeness (QED) is 0.724. The SMILES string of the molecule is C=CC(=O)NCc1ccccc1C#N. The maximum Gasteiger partial charge on any atom is 0.243 e. The zero-order valence-corrected chi connectivity index (χ0v) is 7.66. The maximum absolute atomic E-state index is 10.9. The monoisotopic (exact) mass is 186 g/mol. The first-order valence-electron chi connectivity index (χ1n) is 4.16. The van der Waals surface area contributed by atoms with E-state index in [0.29, 0.717) is 12.1 Å². The highest BCUT2D eigenvalue weighted by Crippen LogP contribution is 2.06. The minimum Gasteiger partial charge on any atom is -0.348 e. The number of hydrogen-bond acceptors (Lipinski definition) is 2. The number of nitriles is 1. The lowest BCUT2D eigenvalue weighted by Gasteiger charge is -2.03. The minimum atomic E-state index is -0.238. The molecule has 3 heteroatoms. The average molecular weight is 186 g/mol. The zero-order chi connectivity index (χ0) is 10.4. The third-order valence-corrected chi connectivity index (χ3v) is 1.78. The van der Waals surface area contributed by atoms with Crippen LogP contribution in [0.2, 0.25) is 0 Å². The molecule has 14 heavy (non-hydrogen) atoms. The summed E-state index contributed by atoms with van der Waals surface area (Å²) in [6.45, 7) is 3.69. The van der Waals surface area contributed by atoms with Crippen LogP contribution in [0.3, 0.4) is 0 Å². The summed E-state index contributed by atoms with van der Waals surface area (Å²) in [5, 5.41) is 11.4. The highest BCUT2D eigenvalue weighted by Gasteiger charge is 2.00. The van der Waals surface area contributed by atoms with E-state index in [1.165, 1.54) is 6.08 Å². The highest BCUT2D eigenvalue weighted by molar-refractivity contribution is 5.86. The molecule has 0 atom stereocenters. The second-order valence-electron chi connectivity index (χ2n) is 2.69. The smallest absolute Gasteiger partial charge is 0.243 e. The summed E-state index contributed by atoms with van der Waals surface area (Å²) in [4.78, 5) is 10.9. The summed E-state index contributed by atoms with van der Waals surface area (Å²) in [6, 6.07) is 9.20. The Morgan fingerprint density at radius 1 is 1.57 bits per heavy atom. The van der Waals surface area contributed by atoms with E-state index >= 15 is 0 Å². The van der Waals surface area contributed by atoms with Gasteiger partial charge in [0.05, 0.1) is 11.6 Å². The van der Waals surface area contributed by atoms with Crippen LogP contribution >= 0.6 is 0 Å². The predicted molar refractivity (Wildman–Crippen MR) is 53.2 cm³/mol. The van der Waals surface area contributed by atoms with Crippen molar-refractivity contribution in [1.82, 2.24) is 5.32 Å². The van der Waals surface area contributed by atoms with E-state index in [2.05, 4.69) is 18.0 Å². The van der Waals surface area contributed by atoms with Crippen molar-refractivity contribution in [2.75, 3.05) is 0 Å². The molecule has 1 rings (SSSR count). The lowest BCUT2D eigenvalue weighted by molar-refractivity contribution is -0.116. The van der Waals surface area contributed by atoms with Gasteiger partial charge in [-0.05, 0) is 17.7 Å². The summed E-state index contributed by atoms with van der Waals surface area (Å²) in [6.07, 6.45) is 1.20. The molecule has 0 saturated carbocycles. The van der Waals surface area contributed by atoms with Crippen LogP contribution < -0.4 is 5.32 Å². The number of nitrogens with one attached hydrogen (secondary N) is 1. The molecule has 1 aromatic rings. The molecule has 0 radical (unpaired) electrons. The molecule has 0 aromatic heterocycles. The third kappa shape index (κ3) is 2.46. The fourth-order valence-corrected chi connectivity index (χ4v) is 1.04. The Balaban J connectivity index is 2.72. The first kappa shape index (κ1) is 10.0. The van der Waals surface area contributed by atoms with Gasteiger partial charge in [-0.25, -0.2) is 0 Å². The Morgan fingerprint density at radius 2 is 2.29 bits per heavy atom. The van der Waals surface area contributed by atoms with Gasteiger partial charge in [-0.3, -0.25) is 4.79 Å². The summed E-state index contributed by atoms with van der Waals surface area (Å²) < 4.78 is 0. The van der Waals surface area contributed by atoms with Crippen molar-refractivity contribution < 1.29 is 4.79 Å². The largest absolute Gasteiger partial charge is 0.348 e. The van der Waals surface area contributed by atoms with E-state index in [1.54, 1.807) is 12.1 Å².